The lowest BCUT2D eigenvalue weighted by Gasteiger charge is -1.99. The van der Waals surface area contributed by atoms with E-state index in [2.05, 4.69) is 10.1 Å². The molecule has 1 heterocycles. The molecule has 0 aliphatic rings. The largest absolute Gasteiger partial charge is 0.338 e. The number of halogens is 1. The van der Waals surface area contributed by atoms with Crippen LogP contribution in [-0.4, -0.2) is 15.1 Å². The molecule has 0 unspecified atom stereocenters. The first-order valence-corrected chi connectivity index (χ1v) is 5.29. The predicted octanol–water partition coefficient (Wildman–Crippen LogP) is 2.69. The van der Waals surface area contributed by atoms with E-state index in [1.807, 2.05) is 6.92 Å². The average Bonchev–Trinajstić information content (AvgIpc) is 2.77. The van der Waals surface area contributed by atoms with E-state index in [-0.39, 0.29) is 17.5 Å². The van der Waals surface area contributed by atoms with E-state index >= 15 is 0 Å². The van der Waals surface area contributed by atoms with Crippen molar-refractivity contribution in [2.24, 2.45) is 0 Å². The smallest absolute Gasteiger partial charge is 0.270 e. The minimum Gasteiger partial charge on any atom is -0.338 e. The number of non-ortho nitro benzene ring substituents is 1. The molecule has 2 rings (SSSR count). The maximum atomic E-state index is 10.7. The topological polar surface area (TPSA) is 82.1 Å². The molecule has 88 valence electrons. The van der Waals surface area contributed by atoms with E-state index in [0.29, 0.717) is 11.4 Å². The zero-order chi connectivity index (χ0) is 12.4. The molecule has 17 heavy (non-hydrogen) atoms. The summed E-state index contributed by atoms with van der Waals surface area (Å²) in [5.41, 5.74) is 1.39. The van der Waals surface area contributed by atoms with Crippen LogP contribution < -0.4 is 0 Å². The molecule has 0 radical (unpaired) electrons. The second-order valence-corrected chi connectivity index (χ2v) is 3.67. The number of aromatic nitrogens is 2. The summed E-state index contributed by atoms with van der Waals surface area (Å²) < 4.78 is 4.86. The monoisotopic (exact) mass is 253 g/mol. The maximum Gasteiger partial charge on any atom is 0.270 e. The highest BCUT2D eigenvalue weighted by Gasteiger charge is 2.14. The number of nitro benzene ring substituents is 1. The summed E-state index contributed by atoms with van der Waals surface area (Å²) >= 11 is 5.54. The predicted molar refractivity (Wildman–Crippen MR) is 60.7 cm³/mol. The number of rotatable bonds is 3. The molecule has 0 N–H and O–H groups in total. The van der Waals surface area contributed by atoms with Crippen LogP contribution in [0.2, 0.25) is 0 Å². The van der Waals surface area contributed by atoms with Gasteiger partial charge in [-0.1, -0.05) is 11.2 Å². The van der Waals surface area contributed by atoms with E-state index in [1.54, 1.807) is 6.07 Å². The van der Waals surface area contributed by atoms with Crippen LogP contribution in [0.5, 0.6) is 0 Å². The first-order valence-electron chi connectivity index (χ1n) is 4.76. The molecule has 0 bridgehead atoms. The quantitative estimate of drug-likeness (QED) is 0.477. The van der Waals surface area contributed by atoms with Crippen molar-refractivity contribution in [2.75, 3.05) is 0 Å². The summed E-state index contributed by atoms with van der Waals surface area (Å²) in [5, 5.41) is 14.4. The van der Waals surface area contributed by atoms with Crippen LogP contribution in [0.15, 0.2) is 22.7 Å². The average molecular weight is 254 g/mol. The van der Waals surface area contributed by atoms with Crippen molar-refractivity contribution in [3.8, 4) is 11.4 Å². The van der Waals surface area contributed by atoms with Crippen molar-refractivity contribution >= 4 is 17.3 Å². The van der Waals surface area contributed by atoms with Gasteiger partial charge in [-0.15, -0.1) is 11.6 Å². The number of hydrogen-bond donors (Lipinski definition) is 0. The van der Waals surface area contributed by atoms with E-state index in [4.69, 9.17) is 16.1 Å². The first kappa shape index (κ1) is 11.5. The summed E-state index contributed by atoms with van der Waals surface area (Å²) in [6.07, 6.45) is 0. The second kappa shape index (κ2) is 4.50. The second-order valence-electron chi connectivity index (χ2n) is 3.40. The Hall–Kier alpha value is -1.95. The number of nitro groups is 1. The van der Waals surface area contributed by atoms with Crippen molar-refractivity contribution in [3.63, 3.8) is 0 Å². The maximum absolute atomic E-state index is 10.7. The standard InChI is InChI=1S/C10H8ClN3O3/c1-6-2-3-7(14(15)16)4-8(6)10-12-9(5-11)17-13-10/h2-4H,5H2,1H3. The van der Waals surface area contributed by atoms with Crippen LogP contribution in [-0.2, 0) is 5.88 Å². The molecule has 0 spiro atoms. The number of benzene rings is 1. The van der Waals surface area contributed by atoms with Crippen molar-refractivity contribution < 1.29 is 9.45 Å². The third-order valence-electron chi connectivity index (χ3n) is 2.26. The molecular weight excluding hydrogens is 246 g/mol. The SMILES string of the molecule is Cc1ccc([N+](=O)[O-])cc1-c1noc(CCl)n1. The Labute approximate surface area is 101 Å². The van der Waals surface area contributed by atoms with E-state index < -0.39 is 4.92 Å². The highest BCUT2D eigenvalue weighted by atomic mass is 35.5. The fraction of sp³-hybridized carbons (Fsp3) is 0.200. The van der Waals surface area contributed by atoms with Gasteiger partial charge in [0.05, 0.1) is 4.92 Å². The van der Waals surface area contributed by atoms with E-state index in [1.165, 1.54) is 12.1 Å². The molecular formula is C10H8ClN3O3. The van der Waals surface area contributed by atoms with Crippen molar-refractivity contribution in [1.29, 1.82) is 0 Å². The highest BCUT2D eigenvalue weighted by molar-refractivity contribution is 6.16. The molecule has 7 heteroatoms. The van der Waals surface area contributed by atoms with Crippen molar-refractivity contribution in [1.82, 2.24) is 10.1 Å². The lowest BCUT2D eigenvalue weighted by atomic mass is 10.1. The third kappa shape index (κ3) is 2.26. The van der Waals surface area contributed by atoms with Gasteiger partial charge in [0.1, 0.15) is 5.88 Å². The molecule has 2 aromatic rings. The number of alkyl halides is 1. The fourth-order valence-electron chi connectivity index (χ4n) is 1.38. The first-order chi connectivity index (χ1) is 8.11. The summed E-state index contributed by atoms with van der Waals surface area (Å²) in [6, 6.07) is 4.49. The van der Waals surface area contributed by atoms with Crippen molar-refractivity contribution in [2.45, 2.75) is 12.8 Å². The van der Waals surface area contributed by atoms with Crippen LogP contribution in [0.25, 0.3) is 11.4 Å². The molecule has 0 fully saturated rings. The summed E-state index contributed by atoms with van der Waals surface area (Å²) in [4.78, 5) is 14.2. The lowest BCUT2D eigenvalue weighted by Crippen LogP contribution is -1.91. The Kier molecular flexibility index (Phi) is 3.06. The Balaban J connectivity index is 2.49. The Bertz CT molecular complexity index is 568. The van der Waals surface area contributed by atoms with Crippen LogP contribution in [0.3, 0.4) is 0 Å². The molecule has 0 saturated heterocycles. The minimum atomic E-state index is -0.467. The van der Waals surface area contributed by atoms with Crippen LogP contribution in [0.4, 0.5) is 5.69 Å². The molecule has 6 nitrogen and oxygen atoms in total. The Morgan fingerprint density at radius 2 is 2.29 bits per heavy atom. The minimum absolute atomic E-state index is 0.0113. The van der Waals surface area contributed by atoms with Crippen molar-refractivity contribution in [3.05, 3.63) is 39.8 Å². The van der Waals surface area contributed by atoms with Crippen LogP contribution >= 0.6 is 11.6 Å². The van der Waals surface area contributed by atoms with Gasteiger partial charge in [0.25, 0.3) is 5.69 Å². The Morgan fingerprint density at radius 1 is 1.53 bits per heavy atom. The van der Waals surface area contributed by atoms with Gasteiger partial charge in [0.15, 0.2) is 0 Å². The zero-order valence-electron chi connectivity index (χ0n) is 8.88. The van der Waals surface area contributed by atoms with E-state index in [9.17, 15) is 10.1 Å². The third-order valence-corrected chi connectivity index (χ3v) is 2.48. The number of aryl methyl sites for hydroxylation is 1. The Morgan fingerprint density at radius 3 is 2.88 bits per heavy atom. The van der Waals surface area contributed by atoms with Gasteiger partial charge in [0, 0.05) is 17.7 Å². The molecule has 0 saturated carbocycles. The summed E-state index contributed by atoms with van der Waals surface area (Å²) in [6.45, 7) is 1.82. The lowest BCUT2D eigenvalue weighted by molar-refractivity contribution is -0.384. The molecule has 0 amide bonds. The van der Waals surface area contributed by atoms with Crippen LogP contribution in [0.1, 0.15) is 11.5 Å². The van der Waals surface area contributed by atoms with Gasteiger partial charge < -0.3 is 4.52 Å². The summed E-state index contributed by atoms with van der Waals surface area (Å²) in [7, 11) is 0. The van der Waals surface area contributed by atoms with Gasteiger partial charge >= 0.3 is 0 Å². The molecule has 0 aliphatic carbocycles. The molecule has 0 aliphatic heterocycles. The van der Waals surface area contributed by atoms with Gasteiger partial charge in [-0.25, -0.2) is 0 Å². The van der Waals surface area contributed by atoms with Gasteiger partial charge in [-0.2, -0.15) is 4.98 Å². The fourth-order valence-corrected chi connectivity index (χ4v) is 1.49. The number of nitrogens with zero attached hydrogens (tertiary/aromatic N) is 3. The normalized spacial score (nSPS) is 10.5. The molecule has 1 aromatic heterocycles. The number of hydrogen-bond acceptors (Lipinski definition) is 5. The molecule has 0 atom stereocenters. The van der Waals surface area contributed by atoms with Crippen LogP contribution in [0, 0.1) is 17.0 Å². The van der Waals surface area contributed by atoms with Gasteiger partial charge in [-0.05, 0) is 12.5 Å². The molecule has 1 aromatic carbocycles. The highest BCUT2D eigenvalue weighted by Crippen LogP contribution is 2.25. The van der Waals surface area contributed by atoms with Gasteiger partial charge in [0.2, 0.25) is 11.7 Å². The van der Waals surface area contributed by atoms with E-state index in [0.717, 1.165) is 5.56 Å². The summed E-state index contributed by atoms with van der Waals surface area (Å²) in [5.74, 6) is 0.704. The zero-order valence-corrected chi connectivity index (χ0v) is 9.64. The van der Waals surface area contributed by atoms with Gasteiger partial charge in [-0.3, -0.25) is 10.1 Å².